The van der Waals surface area contributed by atoms with Crippen LogP contribution in [0.2, 0.25) is 0 Å². The van der Waals surface area contributed by atoms with Gasteiger partial charge in [0.25, 0.3) is 5.91 Å². The molecule has 4 rings (SSSR count). The van der Waals surface area contributed by atoms with Gasteiger partial charge in [-0.1, -0.05) is 23.8 Å². The Morgan fingerprint density at radius 2 is 1.67 bits per heavy atom. The van der Waals surface area contributed by atoms with E-state index in [9.17, 15) is 18.0 Å². The summed E-state index contributed by atoms with van der Waals surface area (Å²) in [5, 5.41) is 0. The molecule has 30 heavy (non-hydrogen) atoms. The first-order valence-electron chi connectivity index (χ1n) is 9.84. The molecule has 2 aliphatic heterocycles. The Hall–Kier alpha value is -3.09. The second-order valence-electron chi connectivity index (χ2n) is 7.33. The fourth-order valence-electron chi connectivity index (χ4n) is 3.59. The number of piperidine rings is 1. The standard InChI is InChI=1S/C23H21F3N2O2/c24-23(25,26)20-7-5-19(6-8-20)22(29)28-12-9-17(10-13-28)15-16-1-3-18(4-2-16)21-27-11-14-30-21/h1-8,15H,9-14H2. The van der Waals surface area contributed by atoms with Crippen molar-refractivity contribution in [1.82, 2.24) is 4.90 Å². The monoisotopic (exact) mass is 414 g/mol. The number of nitrogens with zero attached hydrogens (tertiary/aromatic N) is 2. The van der Waals surface area contributed by atoms with Crippen LogP contribution < -0.4 is 0 Å². The zero-order valence-corrected chi connectivity index (χ0v) is 16.3. The Morgan fingerprint density at radius 1 is 1.00 bits per heavy atom. The molecule has 0 bridgehead atoms. The lowest BCUT2D eigenvalue weighted by molar-refractivity contribution is -0.137. The van der Waals surface area contributed by atoms with Gasteiger partial charge in [0.2, 0.25) is 5.90 Å². The van der Waals surface area contributed by atoms with Crippen molar-refractivity contribution in [2.24, 2.45) is 4.99 Å². The molecule has 0 unspecified atom stereocenters. The molecule has 0 radical (unpaired) electrons. The van der Waals surface area contributed by atoms with Crippen LogP contribution in [0.25, 0.3) is 6.08 Å². The van der Waals surface area contributed by atoms with Crippen LogP contribution in [0, 0.1) is 0 Å². The van der Waals surface area contributed by atoms with Gasteiger partial charge in [-0.2, -0.15) is 13.2 Å². The van der Waals surface area contributed by atoms with Gasteiger partial charge in [-0.05, 0) is 54.8 Å². The van der Waals surface area contributed by atoms with Gasteiger partial charge in [0.05, 0.1) is 12.1 Å². The number of halogens is 3. The second-order valence-corrected chi connectivity index (χ2v) is 7.33. The van der Waals surface area contributed by atoms with E-state index in [0.717, 1.165) is 36.1 Å². The minimum absolute atomic E-state index is 0.232. The van der Waals surface area contributed by atoms with E-state index in [2.05, 4.69) is 11.1 Å². The molecule has 0 saturated carbocycles. The fourth-order valence-corrected chi connectivity index (χ4v) is 3.59. The molecule has 2 heterocycles. The molecule has 0 aromatic heterocycles. The number of carbonyl (C=O) groups is 1. The fraction of sp³-hybridized carbons (Fsp3) is 0.304. The average molecular weight is 414 g/mol. The minimum Gasteiger partial charge on any atom is -0.476 e. The number of amides is 1. The largest absolute Gasteiger partial charge is 0.476 e. The molecule has 0 atom stereocenters. The topological polar surface area (TPSA) is 41.9 Å². The molecule has 156 valence electrons. The number of hydrogen-bond donors (Lipinski definition) is 0. The van der Waals surface area contributed by atoms with Crippen molar-refractivity contribution < 1.29 is 22.7 Å². The Balaban J connectivity index is 1.35. The highest BCUT2D eigenvalue weighted by atomic mass is 19.4. The normalized spacial score (nSPS) is 16.8. The third-order valence-electron chi connectivity index (χ3n) is 5.27. The van der Waals surface area contributed by atoms with Crippen molar-refractivity contribution in [1.29, 1.82) is 0 Å². The molecule has 4 nitrogen and oxygen atoms in total. The maximum absolute atomic E-state index is 12.7. The molecule has 2 aromatic rings. The summed E-state index contributed by atoms with van der Waals surface area (Å²) in [7, 11) is 0. The third kappa shape index (κ3) is 4.56. The van der Waals surface area contributed by atoms with E-state index in [1.807, 2.05) is 24.3 Å². The number of aliphatic imine (C=N–C) groups is 1. The van der Waals surface area contributed by atoms with Gasteiger partial charge in [0, 0.05) is 24.2 Å². The number of rotatable bonds is 3. The number of alkyl halides is 3. The van der Waals surface area contributed by atoms with Crippen LogP contribution in [0.1, 0.15) is 39.9 Å². The molecule has 1 saturated heterocycles. The molecule has 1 fully saturated rings. The first-order valence-corrected chi connectivity index (χ1v) is 9.84. The summed E-state index contributed by atoms with van der Waals surface area (Å²) >= 11 is 0. The lowest BCUT2D eigenvalue weighted by Gasteiger charge is -2.28. The lowest BCUT2D eigenvalue weighted by atomic mass is 9.99. The van der Waals surface area contributed by atoms with E-state index in [-0.39, 0.29) is 11.5 Å². The SMILES string of the molecule is O=C(c1ccc(C(F)(F)F)cc1)N1CCC(=Cc2ccc(C3=NCCO3)cc2)CC1. The highest BCUT2D eigenvalue weighted by Crippen LogP contribution is 2.29. The quantitative estimate of drug-likeness (QED) is 0.724. The molecule has 2 aromatic carbocycles. The number of hydrogen-bond acceptors (Lipinski definition) is 3. The van der Waals surface area contributed by atoms with E-state index in [4.69, 9.17) is 4.74 Å². The Kier molecular flexibility index (Phi) is 5.61. The first-order chi connectivity index (χ1) is 14.4. The summed E-state index contributed by atoms with van der Waals surface area (Å²) in [4.78, 5) is 18.6. The molecule has 2 aliphatic rings. The van der Waals surface area contributed by atoms with Gasteiger partial charge >= 0.3 is 6.18 Å². The van der Waals surface area contributed by atoms with Crippen molar-refractivity contribution in [3.63, 3.8) is 0 Å². The molecule has 0 N–H and O–H groups in total. The van der Waals surface area contributed by atoms with E-state index in [0.29, 0.717) is 32.1 Å². The Bertz CT molecular complexity index is 967. The summed E-state index contributed by atoms with van der Waals surface area (Å²) in [6.07, 6.45) is -0.795. The van der Waals surface area contributed by atoms with Gasteiger partial charge in [0.15, 0.2) is 0 Å². The number of benzene rings is 2. The van der Waals surface area contributed by atoms with Crippen LogP contribution >= 0.6 is 0 Å². The van der Waals surface area contributed by atoms with Gasteiger partial charge in [-0.25, -0.2) is 4.99 Å². The second kappa shape index (κ2) is 8.34. The predicted octanol–water partition coefficient (Wildman–Crippen LogP) is 4.80. The van der Waals surface area contributed by atoms with Crippen molar-refractivity contribution in [3.8, 4) is 0 Å². The molecule has 0 aliphatic carbocycles. The highest BCUT2D eigenvalue weighted by molar-refractivity contribution is 5.95. The molecular formula is C23H21F3N2O2. The molecule has 0 spiro atoms. The van der Waals surface area contributed by atoms with E-state index >= 15 is 0 Å². The van der Waals surface area contributed by atoms with Gasteiger partial charge in [-0.3, -0.25) is 4.79 Å². The molecule has 1 amide bonds. The maximum atomic E-state index is 12.7. The smallest absolute Gasteiger partial charge is 0.416 e. The van der Waals surface area contributed by atoms with E-state index < -0.39 is 11.7 Å². The minimum atomic E-state index is -4.40. The Labute approximate surface area is 172 Å². The van der Waals surface area contributed by atoms with E-state index in [1.54, 1.807) is 4.90 Å². The van der Waals surface area contributed by atoms with Crippen LogP contribution in [0.3, 0.4) is 0 Å². The molecular weight excluding hydrogens is 393 g/mol. The number of likely N-dealkylation sites (tertiary alicyclic amines) is 1. The van der Waals surface area contributed by atoms with Crippen molar-refractivity contribution >= 4 is 17.9 Å². The van der Waals surface area contributed by atoms with Crippen LogP contribution in [0.15, 0.2) is 59.1 Å². The van der Waals surface area contributed by atoms with Crippen LogP contribution in [0.5, 0.6) is 0 Å². The summed E-state index contributed by atoms with van der Waals surface area (Å²) < 4.78 is 43.5. The van der Waals surface area contributed by atoms with Gasteiger partial charge in [-0.15, -0.1) is 0 Å². The summed E-state index contributed by atoms with van der Waals surface area (Å²) in [6, 6.07) is 12.4. The lowest BCUT2D eigenvalue weighted by Crippen LogP contribution is -2.36. The van der Waals surface area contributed by atoms with Crippen LogP contribution in [0.4, 0.5) is 13.2 Å². The van der Waals surface area contributed by atoms with Gasteiger partial charge in [0.1, 0.15) is 6.61 Å². The van der Waals surface area contributed by atoms with E-state index in [1.165, 1.54) is 17.7 Å². The van der Waals surface area contributed by atoms with Crippen molar-refractivity contribution in [2.45, 2.75) is 19.0 Å². The van der Waals surface area contributed by atoms with Gasteiger partial charge < -0.3 is 9.64 Å². The Morgan fingerprint density at radius 3 is 2.23 bits per heavy atom. The average Bonchev–Trinajstić information content (AvgIpc) is 3.29. The van der Waals surface area contributed by atoms with Crippen LogP contribution in [-0.4, -0.2) is 42.9 Å². The summed E-state index contributed by atoms with van der Waals surface area (Å²) in [6.45, 7) is 2.43. The summed E-state index contributed by atoms with van der Waals surface area (Å²) in [5.74, 6) is 0.453. The zero-order chi connectivity index (χ0) is 21.1. The number of carbonyl (C=O) groups excluding carboxylic acids is 1. The van der Waals surface area contributed by atoms with Crippen molar-refractivity contribution in [3.05, 3.63) is 76.4 Å². The molecule has 7 heteroatoms. The predicted molar refractivity (Wildman–Crippen MR) is 108 cm³/mol. The summed E-state index contributed by atoms with van der Waals surface area (Å²) in [5.41, 5.74) is 2.82. The first kappa shape index (κ1) is 20.2. The third-order valence-corrected chi connectivity index (χ3v) is 5.27. The number of ether oxygens (including phenoxy) is 1. The zero-order valence-electron chi connectivity index (χ0n) is 16.3. The maximum Gasteiger partial charge on any atom is 0.416 e. The highest BCUT2D eigenvalue weighted by Gasteiger charge is 2.30. The van der Waals surface area contributed by atoms with Crippen LogP contribution in [-0.2, 0) is 10.9 Å². The van der Waals surface area contributed by atoms with Crippen molar-refractivity contribution in [2.75, 3.05) is 26.2 Å².